The monoisotopic (exact) mass is 496 g/mol. The molecule has 194 valence electrons. The molecule has 0 saturated carbocycles. The number of likely N-dealkylation sites (tertiary alicyclic amines) is 2. The first-order valence-corrected chi connectivity index (χ1v) is 12.7. The third-order valence-corrected chi connectivity index (χ3v) is 7.03. The van der Waals surface area contributed by atoms with Crippen LogP contribution in [0.4, 0.5) is 4.79 Å². The van der Waals surface area contributed by atoms with Gasteiger partial charge in [-0.15, -0.1) is 0 Å². The summed E-state index contributed by atoms with van der Waals surface area (Å²) in [6.45, 7) is 6.40. The molecule has 2 aliphatic rings. The Bertz CT molecular complexity index is 957. The molecule has 2 atom stereocenters. The number of hydrogen-bond acceptors (Lipinski definition) is 7. The molecule has 3 rings (SSSR count). The first-order valence-electron chi connectivity index (χ1n) is 12.7. The molecule has 2 amide bonds. The van der Waals surface area contributed by atoms with E-state index in [1.54, 1.807) is 11.0 Å². The van der Waals surface area contributed by atoms with Crippen molar-refractivity contribution in [1.82, 2.24) is 15.1 Å². The van der Waals surface area contributed by atoms with Crippen molar-refractivity contribution in [3.05, 3.63) is 47.5 Å². The predicted octanol–water partition coefficient (Wildman–Crippen LogP) is 2.04. The number of alkyl carbamates (subject to hydrolysis) is 1. The number of hydrogen-bond donors (Lipinski definition) is 3. The van der Waals surface area contributed by atoms with Gasteiger partial charge in [-0.1, -0.05) is 36.8 Å². The average molecular weight is 496 g/mol. The topological polar surface area (TPSA) is 126 Å². The van der Waals surface area contributed by atoms with Crippen molar-refractivity contribution in [1.29, 1.82) is 5.26 Å². The fourth-order valence-corrected chi connectivity index (χ4v) is 4.95. The summed E-state index contributed by atoms with van der Waals surface area (Å²) < 4.78 is 5.36. The predicted molar refractivity (Wildman–Crippen MR) is 137 cm³/mol. The zero-order valence-electron chi connectivity index (χ0n) is 21.2. The first-order chi connectivity index (χ1) is 17.2. The van der Waals surface area contributed by atoms with Gasteiger partial charge in [0, 0.05) is 12.1 Å². The molecule has 2 heterocycles. The minimum absolute atomic E-state index is 0.0363. The summed E-state index contributed by atoms with van der Waals surface area (Å²) in [4.78, 5) is 29.6. The summed E-state index contributed by atoms with van der Waals surface area (Å²) in [6.07, 6.45) is 6.04. The number of carbonyl (C=O) groups excluding carboxylic acids is 2. The zero-order chi connectivity index (χ0) is 26.1. The number of amides is 2. The normalized spacial score (nSPS) is 19.9. The van der Waals surface area contributed by atoms with Gasteiger partial charge in [0.05, 0.1) is 12.0 Å². The van der Waals surface area contributed by atoms with E-state index in [1.165, 1.54) is 6.42 Å². The van der Waals surface area contributed by atoms with Crippen LogP contribution in [-0.4, -0.2) is 82.7 Å². The van der Waals surface area contributed by atoms with Crippen LogP contribution in [0.3, 0.4) is 0 Å². The molecule has 0 aliphatic carbocycles. The molecule has 0 aromatic heterocycles. The maximum Gasteiger partial charge on any atom is 0.475 e. The fraction of sp³-hybridized carbons (Fsp3) is 0.577. The number of benzene rings is 1. The van der Waals surface area contributed by atoms with Crippen molar-refractivity contribution >= 4 is 19.1 Å². The van der Waals surface area contributed by atoms with Crippen molar-refractivity contribution in [2.75, 3.05) is 26.2 Å². The van der Waals surface area contributed by atoms with Gasteiger partial charge in [-0.05, 0) is 70.7 Å². The Morgan fingerprint density at radius 1 is 1.19 bits per heavy atom. The average Bonchev–Trinajstić information content (AvgIpc) is 3.35. The van der Waals surface area contributed by atoms with Gasteiger partial charge in [-0.3, -0.25) is 9.69 Å². The number of piperidine rings is 1. The van der Waals surface area contributed by atoms with E-state index in [4.69, 9.17) is 4.74 Å². The second kappa shape index (κ2) is 12.9. The largest absolute Gasteiger partial charge is 0.475 e. The van der Waals surface area contributed by atoms with Gasteiger partial charge in [0.25, 0.3) is 5.91 Å². The highest BCUT2D eigenvalue weighted by atomic mass is 16.5. The van der Waals surface area contributed by atoms with Gasteiger partial charge in [0.1, 0.15) is 18.2 Å². The van der Waals surface area contributed by atoms with Gasteiger partial charge in [-0.25, -0.2) is 4.79 Å². The number of nitrogens with one attached hydrogen (secondary N) is 1. The summed E-state index contributed by atoms with van der Waals surface area (Å²) in [7, 11) is -1.76. The Morgan fingerprint density at radius 3 is 2.53 bits per heavy atom. The molecule has 9 nitrogen and oxygen atoms in total. The second-order valence-corrected chi connectivity index (χ2v) is 10.1. The maximum absolute atomic E-state index is 13.3. The van der Waals surface area contributed by atoms with Gasteiger partial charge in [0.2, 0.25) is 0 Å². The van der Waals surface area contributed by atoms with Crippen molar-refractivity contribution in [3.63, 3.8) is 0 Å². The van der Waals surface area contributed by atoms with Crippen LogP contribution in [0.5, 0.6) is 0 Å². The SMILES string of the molecule is CC(C)(C=C(C#N)C(=O)N1CCCC1COC(=O)N[C@@H](Cc1ccccc1)B(O)O)N1CCCCC1. The van der Waals surface area contributed by atoms with E-state index in [1.807, 2.05) is 44.2 Å². The molecule has 2 aliphatic heterocycles. The number of nitriles is 1. The molecule has 0 spiro atoms. The van der Waals surface area contributed by atoms with Crippen molar-refractivity contribution in [2.45, 2.75) is 69.9 Å². The molecular weight excluding hydrogens is 459 g/mol. The molecular formula is C26H37BN4O5. The molecule has 3 N–H and O–H groups in total. The van der Waals surface area contributed by atoms with Gasteiger partial charge < -0.3 is 25.0 Å². The second-order valence-electron chi connectivity index (χ2n) is 10.1. The lowest BCUT2D eigenvalue weighted by Crippen LogP contribution is -2.49. The minimum Gasteiger partial charge on any atom is -0.447 e. The van der Waals surface area contributed by atoms with Crippen LogP contribution in [0.25, 0.3) is 0 Å². The van der Waals surface area contributed by atoms with E-state index in [0.717, 1.165) is 37.9 Å². The quantitative estimate of drug-likeness (QED) is 0.271. The highest BCUT2D eigenvalue weighted by Gasteiger charge is 2.34. The molecule has 1 aromatic rings. The molecule has 0 bridgehead atoms. The fourth-order valence-electron chi connectivity index (χ4n) is 4.95. The van der Waals surface area contributed by atoms with E-state index >= 15 is 0 Å². The molecule has 0 radical (unpaired) electrons. The number of nitrogens with zero attached hydrogens (tertiary/aromatic N) is 3. The lowest BCUT2D eigenvalue weighted by Gasteiger charge is -2.39. The van der Waals surface area contributed by atoms with Crippen molar-refractivity contribution in [3.8, 4) is 6.07 Å². The van der Waals surface area contributed by atoms with E-state index in [2.05, 4.69) is 16.3 Å². The highest BCUT2D eigenvalue weighted by molar-refractivity contribution is 6.43. The molecule has 36 heavy (non-hydrogen) atoms. The Labute approximate surface area is 213 Å². The van der Waals surface area contributed by atoms with E-state index in [-0.39, 0.29) is 30.5 Å². The van der Waals surface area contributed by atoms with Crippen LogP contribution < -0.4 is 5.32 Å². The third kappa shape index (κ3) is 7.57. The standard InChI is InChI=1S/C26H37BN4O5/c1-26(2,30-13-7-4-8-14-30)17-21(18-28)24(32)31-15-9-12-22(31)19-36-25(33)29-23(27(34)35)16-20-10-5-3-6-11-20/h3,5-6,10-11,17,22-23,34-35H,4,7-9,12-16,19H2,1-2H3,(H,29,33)/t22?,23-/m0/s1. The van der Waals surface area contributed by atoms with Crippen LogP contribution in [0.1, 0.15) is 51.5 Å². The van der Waals surface area contributed by atoms with Crippen LogP contribution in [0.15, 0.2) is 42.0 Å². The first kappa shape index (κ1) is 27.7. The minimum atomic E-state index is -1.76. The van der Waals surface area contributed by atoms with Crippen LogP contribution >= 0.6 is 0 Å². The molecule has 1 unspecified atom stereocenters. The van der Waals surface area contributed by atoms with Crippen LogP contribution in [0, 0.1) is 11.3 Å². The Balaban J connectivity index is 1.58. The van der Waals surface area contributed by atoms with Gasteiger partial charge >= 0.3 is 13.2 Å². The molecule has 2 saturated heterocycles. The van der Waals surface area contributed by atoms with E-state index in [0.29, 0.717) is 13.0 Å². The van der Waals surface area contributed by atoms with Crippen LogP contribution in [-0.2, 0) is 16.0 Å². The molecule has 1 aromatic carbocycles. The smallest absolute Gasteiger partial charge is 0.447 e. The molecule has 10 heteroatoms. The summed E-state index contributed by atoms with van der Waals surface area (Å²) in [5.74, 6) is -1.28. The number of carbonyl (C=O) groups is 2. The van der Waals surface area contributed by atoms with Gasteiger partial charge in [-0.2, -0.15) is 5.26 Å². The van der Waals surface area contributed by atoms with Gasteiger partial charge in [0.15, 0.2) is 0 Å². The molecule has 2 fully saturated rings. The van der Waals surface area contributed by atoms with Crippen LogP contribution in [0.2, 0.25) is 0 Å². The maximum atomic E-state index is 13.3. The number of ether oxygens (including phenoxy) is 1. The summed E-state index contributed by atoms with van der Waals surface area (Å²) in [6, 6.07) is 10.9. The summed E-state index contributed by atoms with van der Waals surface area (Å²) in [5.41, 5.74) is 0.533. The number of rotatable bonds is 9. The Morgan fingerprint density at radius 2 is 1.89 bits per heavy atom. The zero-order valence-corrected chi connectivity index (χ0v) is 21.2. The Kier molecular flexibility index (Phi) is 9.93. The third-order valence-electron chi connectivity index (χ3n) is 7.03. The Hall–Kier alpha value is -2.87. The summed E-state index contributed by atoms with van der Waals surface area (Å²) >= 11 is 0. The highest BCUT2D eigenvalue weighted by Crippen LogP contribution is 2.25. The van der Waals surface area contributed by atoms with Crippen molar-refractivity contribution < 1.29 is 24.4 Å². The van der Waals surface area contributed by atoms with Crippen molar-refractivity contribution in [2.24, 2.45) is 0 Å². The lowest BCUT2D eigenvalue weighted by molar-refractivity contribution is -0.128. The van der Waals surface area contributed by atoms with E-state index < -0.39 is 24.7 Å². The lowest BCUT2D eigenvalue weighted by atomic mass is 9.76. The van der Waals surface area contributed by atoms with E-state index in [9.17, 15) is 24.9 Å². The summed E-state index contributed by atoms with van der Waals surface area (Å²) in [5, 5.41) is 31.6.